The summed E-state index contributed by atoms with van der Waals surface area (Å²) in [5.74, 6) is -4.00. The summed E-state index contributed by atoms with van der Waals surface area (Å²) in [7, 11) is -4.96. The van der Waals surface area contributed by atoms with Crippen LogP contribution in [0, 0.1) is 11.6 Å². The summed E-state index contributed by atoms with van der Waals surface area (Å²) in [6, 6.07) is 0.765. The number of halogens is 4. The largest absolute Gasteiger partial charge is 0.297 e. The van der Waals surface area contributed by atoms with E-state index in [2.05, 4.69) is 0 Å². The van der Waals surface area contributed by atoms with Crippen LogP contribution >= 0.6 is 0 Å². The summed E-state index contributed by atoms with van der Waals surface area (Å²) in [6.45, 7) is 0. The molecule has 8 heteroatoms. The average molecular weight is 244 g/mol. The predicted molar refractivity (Wildman–Crippen MR) is 41.1 cm³/mol. The van der Waals surface area contributed by atoms with E-state index in [1.54, 1.807) is 0 Å². The van der Waals surface area contributed by atoms with E-state index >= 15 is 0 Å². The second-order valence-electron chi connectivity index (χ2n) is 2.56. The number of rotatable bonds is 2. The number of hydrogen-bond donors (Lipinski definition) is 1. The third-order valence-corrected chi connectivity index (χ3v) is 2.46. The topological polar surface area (TPSA) is 54.4 Å². The van der Waals surface area contributed by atoms with Gasteiger partial charge in [-0.05, 0) is 12.1 Å². The van der Waals surface area contributed by atoms with Gasteiger partial charge in [0.15, 0.2) is 11.6 Å². The Labute approximate surface area is 82.1 Å². The predicted octanol–water partition coefficient (Wildman–Crippen LogP) is 2.15. The van der Waals surface area contributed by atoms with Crippen LogP contribution in [-0.2, 0) is 10.1 Å². The van der Waals surface area contributed by atoms with Crippen molar-refractivity contribution in [3.8, 4) is 0 Å². The lowest BCUT2D eigenvalue weighted by Gasteiger charge is -2.05. The molecule has 0 radical (unpaired) electrons. The zero-order valence-electron chi connectivity index (χ0n) is 6.92. The van der Waals surface area contributed by atoms with Gasteiger partial charge in [-0.3, -0.25) is 4.55 Å². The van der Waals surface area contributed by atoms with Crippen LogP contribution in [0.25, 0.3) is 0 Å². The molecule has 0 saturated heterocycles. The van der Waals surface area contributed by atoms with E-state index in [4.69, 9.17) is 4.55 Å². The smallest absolute Gasteiger partial charge is 0.282 e. The first kappa shape index (κ1) is 11.9. The number of hydrogen-bond acceptors (Lipinski definition) is 2. The maximum Gasteiger partial charge on any atom is 0.297 e. The van der Waals surface area contributed by atoms with Crippen LogP contribution in [0.2, 0.25) is 0 Å². The lowest BCUT2D eigenvalue weighted by Crippen LogP contribution is -2.06. The number of alkyl halides is 2. The molecule has 84 valence electrons. The van der Waals surface area contributed by atoms with E-state index in [0.717, 1.165) is 0 Å². The molecule has 1 aromatic rings. The first-order valence-corrected chi connectivity index (χ1v) is 4.92. The van der Waals surface area contributed by atoms with Gasteiger partial charge in [-0.2, -0.15) is 8.42 Å². The molecule has 0 aliphatic heterocycles. The van der Waals surface area contributed by atoms with Crippen LogP contribution < -0.4 is 0 Å². The van der Waals surface area contributed by atoms with Crippen molar-refractivity contribution in [1.82, 2.24) is 0 Å². The third-order valence-electron chi connectivity index (χ3n) is 1.59. The van der Waals surface area contributed by atoms with Gasteiger partial charge in [-0.1, -0.05) is 0 Å². The maximum absolute atomic E-state index is 12.9. The first-order valence-electron chi connectivity index (χ1n) is 3.48. The molecule has 0 fully saturated rings. The van der Waals surface area contributed by atoms with Crippen molar-refractivity contribution in [2.75, 3.05) is 0 Å². The van der Waals surface area contributed by atoms with Crippen molar-refractivity contribution < 1.29 is 30.5 Å². The normalized spacial score (nSPS) is 12.1. The first-order chi connectivity index (χ1) is 6.75. The van der Waals surface area contributed by atoms with Crippen molar-refractivity contribution in [2.24, 2.45) is 0 Å². The maximum atomic E-state index is 12.9. The molecular formula is C7H4F4O3S. The zero-order chi connectivity index (χ0) is 11.8. The van der Waals surface area contributed by atoms with Gasteiger partial charge in [0, 0.05) is 0 Å². The van der Waals surface area contributed by atoms with Crippen molar-refractivity contribution >= 4 is 10.1 Å². The van der Waals surface area contributed by atoms with E-state index in [0.29, 0.717) is 12.1 Å². The van der Waals surface area contributed by atoms with Crippen LogP contribution in [0.3, 0.4) is 0 Å². The lowest BCUT2D eigenvalue weighted by atomic mass is 10.2. The summed E-state index contributed by atoms with van der Waals surface area (Å²) in [5, 5.41) is 0. The molecule has 1 rings (SSSR count). The summed E-state index contributed by atoms with van der Waals surface area (Å²) < 4.78 is 79.0. The minimum absolute atomic E-state index is 0.370. The zero-order valence-corrected chi connectivity index (χ0v) is 7.73. The van der Waals surface area contributed by atoms with E-state index < -0.39 is 38.6 Å². The Morgan fingerprint density at radius 3 is 2.07 bits per heavy atom. The van der Waals surface area contributed by atoms with Crippen LogP contribution in [0.4, 0.5) is 17.6 Å². The van der Waals surface area contributed by atoms with Crippen molar-refractivity contribution in [3.05, 3.63) is 29.3 Å². The second kappa shape index (κ2) is 3.78. The minimum Gasteiger partial charge on any atom is -0.282 e. The molecule has 0 atom stereocenters. The molecule has 0 spiro atoms. The molecule has 0 aliphatic carbocycles. The molecule has 3 nitrogen and oxygen atoms in total. The number of benzene rings is 1. The molecule has 0 unspecified atom stereocenters. The SMILES string of the molecule is O=S(=O)(O)c1ccc(C(F)F)c(F)c1F. The molecule has 1 N–H and O–H groups in total. The van der Waals surface area contributed by atoms with Crippen molar-refractivity contribution in [3.63, 3.8) is 0 Å². The summed E-state index contributed by atoms with van der Waals surface area (Å²) in [4.78, 5) is -1.37. The van der Waals surface area contributed by atoms with E-state index in [9.17, 15) is 26.0 Å². The fourth-order valence-corrected chi connectivity index (χ4v) is 1.47. The van der Waals surface area contributed by atoms with Gasteiger partial charge in [0.05, 0.1) is 5.56 Å². The summed E-state index contributed by atoms with van der Waals surface area (Å²) >= 11 is 0. The molecule has 0 aromatic heterocycles. The highest BCUT2D eigenvalue weighted by Gasteiger charge is 2.24. The van der Waals surface area contributed by atoms with E-state index in [1.807, 2.05) is 0 Å². The van der Waals surface area contributed by atoms with Gasteiger partial charge in [-0.15, -0.1) is 0 Å². The Morgan fingerprint density at radius 2 is 1.67 bits per heavy atom. The van der Waals surface area contributed by atoms with Crippen LogP contribution in [0.5, 0.6) is 0 Å². The van der Waals surface area contributed by atoms with E-state index in [1.165, 1.54) is 0 Å². The van der Waals surface area contributed by atoms with Gasteiger partial charge in [0.1, 0.15) is 4.90 Å². The van der Waals surface area contributed by atoms with Gasteiger partial charge >= 0.3 is 0 Å². The molecule has 1 aromatic carbocycles. The fourth-order valence-electron chi connectivity index (χ4n) is 0.914. The monoisotopic (exact) mass is 244 g/mol. The van der Waals surface area contributed by atoms with Gasteiger partial charge in [0.25, 0.3) is 16.5 Å². The van der Waals surface area contributed by atoms with Crippen molar-refractivity contribution in [2.45, 2.75) is 11.3 Å². The molecule has 0 heterocycles. The van der Waals surface area contributed by atoms with E-state index in [-0.39, 0.29) is 0 Å². The van der Waals surface area contributed by atoms with Gasteiger partial charge in [0.2, 0.25) is 0 Å². The average Bonchev–Trinajstić information content (AvgIpc) is 2.06. The minimum atomic E-state index is -4.96. The van der Waals surface area contributed by atoms with Crippen LogP contribution in [0.1, 0.15) is 12.0 Å². The Hall–Kier alpha value is -1.15. The quantitative estimate of drug-likeness (QED) is 0.640. The lowest BCUT2D eigenvalue weighted by molar-refractivity contribution is 0.144. The van der Waals surface area contributed by atoms with Gasteiger partial charge in [-0.25, -0.2) is 17.6 Å². The fraction of sp³-hybridized carbons (Fsp3) is 0.143. The van der Waals surface area contributed by atoms with Crippen LogP contribution in [0.15, 0.2) is 17.0 Å². The van der Waals surface area contributed by atoms with Crippen LogP contribution in [-0.4, -0.2) is 13.0 Å². The highest BCUT2D eigenvalue weighted by atomic mass is 32.2. The Balaban J connectivity index is 3.48. The molecule has 15 heavy (non-hydrogen) atoms. The standard InChI is InChI=1S/C7H4F4O3S/c8-5-3(7(10)11)1-2-4(6(5)9)15(12,13)14/h1-2,7H,(H,12,13,14). The highest BCUT2D eigenvalue weighted by Crippen LogP contribution is 2.27. The summed E-state index contributed by atoms with van der Waals surface area (Å²) in [5.41, 5.74) is -1.26. The summed E-state index contributed by atoms with van der Waals surface area (Å²) in [6.07, 6.45) is -3.27. The highest BCUT2D eigenvalue weighted by molar-refractivity contribution is 7.85. The molecule has 0 saturated carbocycles. The Kier molecular flexibility index (Phi) is 3.00. The second-order valence-corrected chi connectivity index (χ2v) is 3.95. The third kappa shape index (κ3) is 2.26. The van der Waals surface area contributed by atoms with Gasteiger partial charge < -0.3 is 0 Å². The Morgan fingerprint density at radius 1 is 1.13 bits per heavy atom. The molecule has 0 aliphatic rings. The van der Waals surface area contributed by atoms with Crippen molar-refractivity contribution in [1.29, 1.82) is 0 Å². The molecular weight excluding hydrogens is 240 g/mol. The molecule has 0 bridgehead atoms. The Bertz CT molecular complexity index is 483. The molecule has 0 amide bonds.